The molecular formula is C6H14N2OS. The highest BCUT2D eigenvalue weighted by atomic mass is 32.2. The normalized spacial score (nSPS) is 15.2. The van der Waals surface area contributed by atoms with E-state index in [4.69, 9.17) is 10.9 Å². The highest BCUT2D eigenvalue weighted by Gasteiger charge is 2.02. The molecule has 0 aromatic carbocycles. The Morgan fingerprint density at radius 1 is 1.80 bits per heavy atom. The van der Waals surface area contributed by atoms with Crippen LogP contribution in [0.3, 0.4) is 0 Å². The first-order valence-corrected chi connectivity index (χ1v) is 4.33. The largest absolute Gasteiger partial charge is 0.409 e. The fourth-order valence-electron chi connectivity index (χ4n) is 0.679. The predicted octanol–water partition coefficient (Wildman–Crippen LogP) is 1.26. The van der Waals surface area contributed by atoms with Gasteiger partial charge < -0.3 is 10.9 Å². The van der Waals surface area contributed by atoms with Crippen LogP contribution in [0.2, 0.25) is 0 Å². The minimum atomic E-state index is 0.313. The molecule has 3 N–H and O–H groups in total. The summed E-state index contributed by atoms with van der Waals surface area (Å²) in [6.07, 6.45) is 0.662. The molecule has 0 aliphatic heterocycles. The molecule has 0 heterocycles. The maximum Gasteiger partial charge on any atom is 0.140 e. The highest BCUT2D eigenvalue weighted by molar-refractivity contribution is 7.99. The molecule has 1 unspecified atom stereocenters. The topological polar surface area (TPSA) is 58.6 Å². The lowest BCUT2D eigenvalue weighted by Gasteiger charge is -2.06. The molecule has 0 spiro atoms. The van der Waals surface area contributed by atoms with Gasteiger partial charge in [0, 0.05) is 11.7 Å². The predicted molar refractivity (Wildman–Crippen MR) is 45.6 cm³/mol. The summed E-state index contributed by atoms with van der Waals surface area (Å²) < 4.78 is 0. The van der Waals surface area contributed by atoms with Crippen molar-refractivity contribution >= 4 is 17.6 Å². The Labute approximate surface area is 65.7 Å². The monoisotopic (exact) mass is 162 g/mol. The molecule has 0 radical (unpaired) electrons. The van der Waals surface area contributed by atoms with Gasteiger partial charge in [-0.1, -0.05) is 19.0 Å². The Morgan fingerprint density at radius 3 is 2.80 bits per heavy atom. The lowest BCUT2D eigenvalue weighted by atomic mass is 10.3. The number of hydrogen-bond donors (Lipinski definition) is 2. The van der Waals surface area contributed by atoms with Crippen LogP contribution in [0.25, 0.3) is 0 Å². The molecule has 0 fully saturated rings. The van der Waals surface area contributed by atoms with E-state index in [0.717, 1.165) is 5.75 Å². The number of amidine groups is 1. The van der Waals surface area contributed by atoms with Crippen LogP contribution in [0.1, 0.15) is 20.3 Å². The van der Waals surface area contributed by atoms with Crippen molar-refractivity contribution < 1.29 is 5.21 Å². The van der Waals surface area contributed by atoms with Crippen LogP contribution in [-0.4, -0.2) is 22.0 Å². The minimum Gasteiger partial charge on any atom is -0.409 e. The highest BCUT2D eigenvalue weighted by Crippen LogP contribution is 2.12. The Hall–Kier alpha value is -0.380. The fourth-order valence-corrected chi connectivity index (χ4v) is 1.54. The molecule has 0 aromatic rings. The molecule has 0 amide bonds. The van der Waals surface area contributed by atoms with Crippen LogP contribution in [0.15, 0.2) is 5.16 Å². The van der Waals surface area contributed by atoms with Crippen molar-refractivity contribution in [1.82, 2.24) is 0 Å². The van der Waals surface area contributed by atoms with Crippen LogP contribution in [0, 0.1) is 0 Å². The quantitative estimate of drug-likeness (QED) is 0.283. The van der Waals surface area contributed by atoms with Gasteiger partial charge in [0.2, 0.25) is 0 Å². The van der Waals surface area contributed by atoms with Gasteiger partial charge in [-0.05, 0) is 5.75 Å². The second-order valence-corrected chi connectivity index (χ2v) is 3.78. The molecule has 0 aromatic heterocycles. The molecule has 60 valence electrons. The zero-order valence-corrected chi connectivity index (χ0v) is 7.19. The maximum atomic E-state index is 8.21. The lowest BCUT2D eigenvalue weighted by molar-refractivity contribution is 0.317. The van der Waals surface area contributed by atoms with E-state index in [1.807, 2.05) is 0 Å². The summed E-state index contributed by atoms with van der Waals surface area (Å²) in [5.74, 6) is 1.38. The summed E-state index contributed by atoms with van der Waals surface area (Å²) in [7, 11) is 0. The number of hydrogen-bond acceptors (Lipinski definition) is 3. The van der Waals surface area contributed by atoms with Gasteiger partial charge in [0.1, 0.15) is 5.84 Å². The molecule has 3 nitrogen and oxygen atoms in total. The summed E-state index contributed by atoms with van der Waals surface area (Å²) in [6, 6.07) is 0. The third-order valence-corrected chi connectivity index (χ3v) is 2.15. The van der Waals surface area contributed by atoms with E-state index in [-0.39, 0.29) is 0 Å². The Kier molecular flexibility index (Phi) is 5.20. The van der Waals surface area contributed by atoms with Crippen molar-refractivity contribution in [1.29, 1.82) is 0 Å². The maximum absolute atomic E-state index is 8.21. The average Bonchev–Trinajstić information content (AvgIpc) is 1.88. The van der Waals surface area contributed by atoms with Crippen LogP contribution in [-0.2, 0) is 0 Å². The molecule has 0 rings (SSSR count). The van der Waals surface area contributed by atoms with Gasteiger partial charge in [0.25, 0.3) is 0 Å². The van der Waals surface area contributed by atoms with E-state index in [2.05, 4.69) is 19.0 Å². The van der Waals surface area contributed by atoms with Gasteiger partial charge >= 0.3 is 0 Å². The van der Waals surface area contributed by atoms with E-state index in [1.165, 1.54) is 0 Å². The van der Waals surface area contributed by atoms with Crippen LogP contribution >= 0.6 is 11.8 Å². The Bertz CT molecular complexity index is 116. The Balaban J connectivity index is 3.47. The number of rotatable bonds is 4. The molecule has 0 bridgehead atoms. The van der Waals surface area contributed by atoms with Crippen LogP contribution in [0.5, 0.6) is 0 Å². The molecule has 4 heteroatoms. The first kappa shape index (κ1) is 9.62. The number of nitrogens with zero attached hydrogens (tertiary/aromatic N) is 1. The lowest BCUT2D eigenvalue weighted by Crippen LogP contribution is -2.16. The van der Waals surface area contributed by atoms with Crippen molar-refractivity contribution in [2.75, 3.05) is 5.75 Å². The van der Waals surface area contributed by atoms with Crippen molar-refractivity contribution in [2.24, 2.45) is 10.9 Å². The van der Waals surface area contributed by atoms with E-state index < -0.39 is 0 Å². The Morgan fingerprint density at radius 2 is 2.40 bits per heavy atom. The number of thioether (sulfide) groups is 1. The van der Waals surface area contributed by atoms with E-state index >= 15 is 0 Å². The minimum absolute atomic E-state index is 0.313. The average molecular weight is 162 g/mol. The van der Waals surface area contributed by atoms with Gasteiger partial charge in [-0.3, -0.25) is 0 Å². The molecule has 0 aliphatic rings. The van der Waals surface area contributed by atoms with Crippen LogP contribution < -0.4 is 5.73 Å². The zero-order chi connectivity index (χ0) is 7.98. The second kappa shape index (κ2) is 5.41. The standard InChI is InChI=1S/C6H14N2OS/c1-3-10-5(2)4-6(7)8-9/h5,9H,3-4H2,1-2H3,(H2,7,8). The molecule has 10 heavy (non-hydrogen) atoms. The molecule has 1 atom stereocenters. The molecule has 0 saturated carbocycles. The van der Waals surface area contributed by atoms with Gasteiger partial charge in [0.05, 0.1) is 0 Å². The SMILES string of the molecule is CCSC(C)C/C(N)=N/O. The van der Waals surface area contributed by atoms with Gasteiger partial charge in [-0.2, -0.15) is 11.8 Å². The summed E-state index contributed by atoms with van der Waals surface area (Å²) in [4.78, 5) is 0. The third-order valence-electron chi connectivity index (χ3n) is 1.08. The molecule has 0 saturated heterocycles. The van der Waals surface area contributed by atoms with E-state index in [0.29, 0.717) is 17.5 Å². The van der Waals surface area contributed by atoms with E-state index in [1.54, 1.807) is 11.8 Å². The zero-order valence-electron chi connectivity index (χ0n) is 6.37. The van der Waals surface area contributed by atoms with Gasteiger partial charge in [0.15, 0.2) is 0 Å². The van der Waals surface area contributed by atoms with Gasteiger partial charge in [-0.25, -0.2) is 0 Å². The first-order valence-electron chi connectivity index (χ1n) is 3.28. The van der Waals surface area contributed by atoms with Crippen molar-refractivity contribution in [3.63, 3.8) is 0 Å². The second-order valence-electron chi connectivity index (χ2n) is 2.06. The molecular weight excluding hydrogens is 148 g/mol. The smallest absolute Gasteiger partial charge is 0.140 e. The summed E-state index contributed by atoms with van der Waals surface area (Å²) in [5.41, 5.74) is 5.29. The van der Waals surface area contributed by atoms with Crippen LogP contribution in [0.4, 0.5) is 0 Å². The number of nitrogens with two attached hydrogens (primary N) is 1. The van der Waals surface area contributed by atoms with E-state index in [9.17, 15) is 0 Å². The molecule has 0 aliphatic carbocycles. The van der Waals surface area contributed by atoms with Crippen molar-refractivity contribution in [2.45, 2.75) is 25.5 Å². The summed E-state index contributed by atoms with van der Waals surface area (Å²) in [6.45, 7) is 4.15. The van der Waals surface area contributed by atoms with Crippen molar-refractivity contribution in [3.05, 3.63) is 0 Å². The first-order chi connectivity index (χ1) is 4.70. The van der Waals surface area contributed by atoms with Crippen molar-refractivity contribution in [3.8, 4) is 0 Å². The fraction of sp³-hybridized carbons (Fsp3) is 0.833. The number of oxime groups is 1. The summed E-state index contributed by atoms with van der Waals surface area (Å²) in [5, 5.41) is 11.5. The third kappa shape index (κ3) is 4.49. The van der Waals surface area contributed by atoms with Gasteiger partial charge in [-0.15, -0.1) is 0 Å². The summed E-state index contributed by atoms with van der Waals surface area (Å²) >= 11 is 1.80.